The summed E-state index contributed by atoms with van der Waals surface area (Å²) >= 11 is 5.93. The van der Waals surface area contributed by atoms with Crippen LogP contribution in [0.5, 0.6) is 5.75 Å². The number of hydrogen-bond acceptors (Lipinski definition) is 2. The monoisotopic (exact) mass is 377 g/mol. The van der Waals surface area contributed by atoms with Crippen molar-refractivity contribution < 1.29 is 42.2 Å². The number of halogens is 1. The minimum absolute atomic E-state index is 0. The van der Waals surface area contributed by atoms with E-state index in [-0.39, 0.29) is 45.2 Å². The Morgan fingerprint density at radius 3 is 2.90 bits per heavy atom. The van der Waals surface area contributed by atoms with Gasteiger partial charge in [0.05, 0.1) is 0 Å². The summed E-state index contributed by atoms with van der Waals surface area (Å²) in [4.78, 5) is 13.5. The molecule has 1 aromatic carbocycles. The second-order valence-corrected chi connectivity index (χ2v) is 5.09. The normalized spacial score (nSPS) is 17.6. The van der Waals surface area contributed by atoms with Gasteiger partial charge in [0.15, 0.2) is 0 Å². The number of carbonyl (C=O) groups is 1. The Kier molecular flexibility index (Phi) is 6.93. The van der Waals surface area contributed by atoms with Crippen molar-refractivity contribution in [2.24, 2.45) is 0 Å². The molecular weight excluding hydrogens is 363 g/mol. The van der Waals surface area contributed by atoms with Crippen molar-refractivity contribution in [1.82, 2.24) is 4.90 Å². The molecule has 0 saturated heterocycles. The predicted molar refractivity (Wildman–Crippen MR) is 79.2 cm³/mol. The number of hydrogen-bond donors (Lipinski definition) is 0. The molecule has 2 rings (SSSR count). The number of alkyl halides is 1. The molecule has 1 unspecified atom stereocenters. The first-order valence-electron chi connectivity index (χ1n) is 6.24. The molecule has 0 N–H and O–H groups in total. The molecule has 0 fully saturated rings. The van der Waals surface area contributed by atoms with Gasteiger partial charge in [-0.3, -0.25) is 4.79 Å². The summed E-state index contributed by atoms with van der Waals surface area (Å²) < 4.78 is 5.38. The second-order valence-electron chi connectivity index (χ2n) is 4.56. The Morgan fingerprint density at radius 2 is 2.29 bits per heavy atom. The topological polar surface area (TPSA) is 29.5 Å². The number of nitrogens with zero attached hydrogens (tertiary/aromatic N) is 1. The summed E-state index contributed by atoms with van der Waals surface area (Å²) in [5, 5.41) is -0.526. The predicted octanol–water partition coefficient (Wildman–Crippen LogP) is 2.62. The number of benzene rings is 1. The van der Waals surface area contributed by atoms with E-state index >= 15 is 0 Å². The van der Waals surface area contributed by atoms with Crippen molar-refractivity contribution in [3.05, 3.63) is 35.4 Å². The fourth-order valence-corrected chi connectivity index (χ4v) is 2.33. The first-order chi connectivity index (χ1) is 9.54. The largest absolute Gasteiger partial charge is 0.481 e. The molecule has 1 atom stereocenters. The zero-order valence-electron chi connectivity index (χ0n) is 12.0. The van der Waals surface area contributed by atoms with Gasteiger partial charge in [-0.05, 0) is 12.1 Å². The van der Waals surface area contributed by atoms with Gasteiger partial charge in [-0.1, -0.05) is 19.3 Å². The van der Waals surface area contributed by atoms with Gasteiger partial charge in [0.2, 0.25) is 5.91 Å². The van der Waals surface area contributed by atoms with E-state index in [2.05, 4.69) is 12.0 Å². The number of ether oxygens (including phenoxy) is 1. The molecule has 0 bridgehead atoms. The minimum atomic E-state index is -0.526. The third-order valence-corrected chi connectivity index (χ3v) is 3.50. The van der Waals surface area contributed by atoms with Crippen molar-refractivity contribution in [2.45, 2.75) is 18.7 Å². The fourth-order valence-electron chi connectivity index (χ4n) is 2.11. The van der Waals surface area contributed by atoms with Crippen LogP contribution in [0.1, 0.15) is 17.5 Å². The molecule has 1 aliphatic rings. The minimum Gasteiger partial charge on any atom is -0.481 e. The standard InChI is InChI=1S/C16H15ClNO2.Y/c1-4-9-20-12-5-6-13(11(2)10-12)15-8-7-14(17)16(19)18(15)3;/h1,5-6,10,14H,7,9H2,2-3H3;/q-1;. The number of aryl methyl sites for hydroxylation is 1. The maximum absolute atomic E-state index is 11.9. The Bertz CT molecular complexity index is 607. The van der Waals surface area contributed by atoms with Gasteiger partial charge in [0.1, 0.15) is 17.7 Å². The van der Waals surface area contributed by atoms with Crippen LogP contribution in [0.2, 0.25) is 0 Å². The van der Waals surface area contributed by atoms with Crippen LogP contribution in [0.3, 0.4) is 0 Å². The van der Waals surface area contributed by atoms with Crippen LogP contribution >= 0.6 is 11.6 Å². The van der Waals surface area contributed by atoms with Crippen molar-refractivity contribution >= 4 is 23.2 Å². The summed E-state index contributed by atoms with van der Waals surface area (Å²) in [5.41, 5.74) is 2.69. The number of terminal acetylenes is 1. The molecule has 107 valence electrons. The third-order valence-electron chi connectivity index (χ3n) is 3.16. The average Bonchev–Trinajstić information content (AvgIpc) is 2.44. The van der Waals surface area contributed by atoms with Crippen LogP contribution in [0, 0.1) is 25.3 Å². The average molecular weight is 378 g/mol. The summed E-state index contributed by atoms with van der Waals surface area (Å²) in [6, 6.07) is 5.63. The fraction of sp³-hybridized carbons (Fsp3) is 0.312. The van der Waals surface area contributed by atoms with Crippen LogP contribution < -0.4 is 4.74 Å². The van der Waals surface area contributed by atoms with Crippen LogP contribution in [-0.4, -0.2) is 29.8 Å². The Hall–Kier alpha value is -0.816. The maximum Gasteiger partial charge on any atom is 0.240 e. The molecule has 0 saturated carbocycles. The van der Waals surface area contributed by atoms with Crippen LogP contribution in [0.4, 0.5) is 0 Å². The quantitative estimate of drug-likeness (QED) is 0.460. The van der Waals surface area contributed by atoms with Gasteiger partial charge in [0, 0.05) is 39.8 Å². The first-order valence-corrected chi connectivity index (χ1v) is 6.68. The number of rotatable bonds is 3. The summed E-state index contributed by atoms with van der Waals surface area (Å²) in [6.07, 6.45) is 8.77. The summed E-state index contributed by atoms with van der Waals surface area (Å²) in [5.74, 6) is 3.03. The number of allylic oxidation sites excluding steroid dienone is 1. The second kappa shape index (κ2) is 7.99. The molecule has 0 aliphatic carbocycles. The van der Waals surface area contributed by atoms with Gasteiger partial charge in [-0.25, -0.2) is 6.08 Å². The molecule has 0 aromatic heterocycles. The van der Waals surface area contributed by atoms with Crippen LogP contribution in [-0.2, 0) is 37.5 Å². The molecule has 1 radical (unpaired) electrons. The van der Waals surface area contributed by atoms with E-state index in [1.165, 1.54) is 0 Å². The summed E-state index contributed by atoms with van der Waals surface area (Å²) in [7, 11) is 1.71. The third kappa shape index (κ3) is 4.10. The summed E-state index contributed by atoms with van der Waals surface area (Å²) in [6.45, 7) is 2.19. The molecule has 5 heteroatoms. The van der Waals surface area contributed by atoms with E-state index in [9.17, 15) is 4.79 Å². The molecule has 1 aromatic rings. The van der Waals surface area contributed by atoms with E-state index in [0.717, 1.165) is 16.8 Å². The smallest absolute Gasteiger partial charge is 0.240 e. The van der Waals surface area contributed by atoms with Gasteiger partial charge in [-0.15, -0.1) is 40.9 Å². The van der Waals surface area contributed by atoms with Crippen molar-refractivity contribution in [1.29, 1.82) is 0 Å². The molecular formula is C16H15ClNO2Y-. The van der Waals surface area contributed by atoms with Crippen molar-refractivity contribution in [3.8, 4) is 18.1 Å². The van der Waals surface area contributed by atoms with Crippen LogP contribution in [0.15, 0.2) is 18.2 Å². The van der Waals surface area contributed by atoms with Gasteiger partial charge < -0.3 is 9.64 Å². The van der Waals surface area contributed by atoms with Crippen molar-refractivity contribution in [2.75, 3.05) is 13.7 Å². The van der Waals surface area contributed by atoms with E-state index in [1.807, 2.05) is 25.1 Å². The molecule has 0 spiro atoms. The SMILES string of the molecule is C#CCOc1ccc(C2=[C-]CC(Cl)C(=O)N2C)c(C)c1.[Y]. The molecule has 1 amide bonds. The first kappa shape index (κ1) is 18.2. The molecule has 3 nitrogen and oxygen atoms in total. The van der Waals surface area contributed by atoms with Gasteiger partial charge in [-0.2, -0.15) is 0 Å². The Labute approximate surface area is 155 Å². The van der Waals surface area contributed by atoms with Gasteiger partial charge in [0.25, 0.3) is 0 Å². The number of amides is 1. The van der Waals surface area contributed by atoms with Crippen LogP contribution in [0.25, 0.3) is 5.70 Å². The molecule has 21 heavy (non-hydrogen) atoms. The zero-order chi connectivity index (χ0) is 14.7. The van der Waals surface area contributed by atoms with Crippen molar-refractivity contribution in [3.63, 3.8) is 0 Å². The zero-order valence-corrected chi connectivity index (χ0v) is 15.6. The van der Waals surface area contributed by atoms with E-state index in [4.69, 9.17) is 22.8 Å². The van der Waals surface area contributed by atoms with Gasteiger partial charge >= 0.3 is 0 Å². The van der Waals surface area contributed by atoms with E-state index in [0.29, 0.717) is 12.2 Å². The Morgan fingerprint density at radius 1 is 1.57 bits per heavy atom. The Balaban J connectivity index is 0.00000220. The van der Waals surface area contributed by atoms with E-state index in [1.54, 1.807) is 11.9 Å². The molecule has 1 heterocycles. The number of carbonyl (C=O) groups excluding carboxylic acids is 1. The molecule has 1 aliphatic heterocycles. The maximum atomic E-state index is 11.9. The van der Waals surface area contributed by atoms with E-state index < -0.39 is 5.38 Å².